The van der Waals surface area contributed by atoms with Crippen LogP contribution in [0.5, 0.6) is 0 Å². The van der Waals surface area contributed by atoms with E-state index in [2.05, 4.69) is 179 Å². The molecule has 0 spiro atoms. The number of hydrogen-bond acceptors (Lipinski definition) is 6. The number of allylic oxidation sites excluding steroid dienone is 26. The van der Waals surface area contributed by atoms with E-state index in [1.54, 1.807) is 0 Å². The molecule has 1 unspecified atom stereocenters. The van der Waals surface area contributed by atoms with Crippen molar-refractivity contribution in [3.05, 3.63) is 158 Å². The van der Waals surface area contributed by atoms with Crippen molar-refractivity contribution in [1.29, 1.82) is 0 Å². The summed E-state index contributed by atoms with van der Waals surface area (Å²) in [5.41, 5.74) is 0. The van der Waals surface area contributed by atoms with Crippen molar-refractivity contribution in [3.8, 4) is 0 Å². The van der Waals surface area contributed by atoms with Gasteiger partial charge in [0.05, 0.1) is 0 Å². The molecule has 0 heterocycles. The number of unbranched alkanes of at least 4 members (excludes halogenated alkanes) is 22. The van der Waals surface area contributed by atoms with Gasteiger partial charge in [-0.05, 0) is 128 Å². The second-order valence-electron chi connectivity index (χ2n) is 21.6. The molecule has 0 aliphatic rings. The first-order valence-corrected chi connectivity index (χ1v) is 33.5. The largest absolute Gasteiger partial charge is 0.462 e. The fraction of sp³-hybridized carbons (Fsp3) is 0.618. The van der Waals surface area contributed by atoms with Crippen molar-refractivity contribution in [3.63, 3.8) is 0 Å². The molecule has 6 heteroatoms. The van der Waals surface area contributed by atoms with Gasteiger partial charge in [0.15, 0.2) is 6.10 Å². The Bertz CT molecular complexity index is 1830. The van der Waals surface area contributed by atoms with Crippen LogP contribution in [0.4, 0.5) is 0 Å². The molecule has 0 saturated heterocycles. The van der Waals surface area contributed by atoms with Crippen LogP contribution in [0.2, 0.25) is 0 Å². The van der Waals surface area contributed by atoms with Crippen molar-refractivity contribution in [2.24, 2.45) is 0 Å². The minimum absolute atomic E-state index is 0.0919. The van der Waals surface area contributed by atoms with Crippen LogP contribution in [-0.4, -0.2) is 37.2 Å². The Hall–Kier alpha value is -4.97. The molecule has 0 aliphatic carbocycles. The molecule has 0 amide bonds. The summed E-state index contributed by atoms with van der Waals surface area (Å²) < 4.78 is 16.9. The summed E-state index contributed by atoms with van der Waals surface area (Å²) in [6.45, 7) is 6.38. The smallest absolute Gasteiger partial charge is 0.306 e. The Morgan fingerprint density at radius 1 is 0.256 bits per heavy atom. The van der Waals surface area contributed by atoms with Crippen LogP contribution in [-0.2, 0) is 28.6 Å². The van der Waals surface area contributed by atoms with Crippen molar-refractivity contribution >= 4 is 17.9 Å². The molecule has 0 N–H and O–H groups in total. The predicted octanol–water partition coefficient (Wildman–Crippen LogP) is 23.3. The van der Waals surface area contributed by atoms with Crippen LogP contribution >= 0.6 is 0 Å². The highest BCUT2D eigenvalue weighted by Gasteiger charge is 2.19. The van der Waals surface area contributed by atoms with Crippen molar-refractivity contribution in [2.75, 3.05) is 13.2 Å². The van der Waals surface area contributed by atoms with E-state index in [-0.39, 0.29) is 31.1 Å². The Morgan fingerprint density at radius 2 is 0.476 bits per heavy atom. The molecule has 0 saturated carbocycles. The average molecular weight is 1130 g/mol. The monoisotopic (exact) mass is 1130 g/mol. The standard InChI is InChI=1S/C76H122O6/c1-4-7-10-13-16-19-22-24-26-28-30-32-33-34-35-36-37-38-39-40-41-42-43-45-46-48-50-52-54-57-60-63-66-69-75(78)81-72-73(71-80-74(77)68-65-62-59-56-21-18-15-12-9-6-3)82-76(79)70-67-64-61-58-55-53-51-49-47-44-31-29-27-25-23-20-17-14-11-8-5-2/h7-8,10-11,16-17,19-20,24-27,30-32,34-35,37-38,40-41,43-45,49,51,73H,4-6,9,12-15,18,21-23,28-29,33,36,39,42,46-48,50,52-72H2,1-3H3/b10-7-,11-8-,19-16-,20-17-,26-24-,27-25-,32-30-,35-34-,38-37-,41-40-,44-31-,45-43-,51-49-. The molecule has 0 aliphatic heterocycles. The average Bonchev–Trinajstić information content (AvgIpc) is 3.48. The van der Waals surface area contributed by atoms with Gasteiger partial charge in [-0.15, -0.1) is 0 Å². The summed E-state index contributed by atoms with van der Waals surface area (Å²) in [5, 5.41) is 0. The summed E-state index contributed by atoms with van der Waals surface area (Å²) in [6.07, 6.45) is 99.7. The second-order valence-corrected chi connectivity index (χ2v) is 21.6. The van der Waals surface area contributed by atoms with Gasteiger partial charge >= 0.3 is 17.9 Å². The molecule has 1 atom stereocenters. The zero-order valence-corrected chi connectivity index (χ0v) is 52.9. The van der Waals surface area contributed by atoms with Crippen molar-refractivity contribution in [2.45, 2.75) is 290 Å². The number of rotatable bonds is 59. The van der Waals surface area contributed by atoms with Crippen LogP contribution in [0.1, 0.15) is 284 Å². The van der Waals surface area contributed by atoms with Crippen molar-refractivity contribution in [1.82, 2.24) is 0 Å². The van der Waals surface area contributed by atoms with E-state index in [9.17, 15) is 14.4 Å². The number of carbonyl (C=O) groups excluding carboxylic acids is 3. The van der Waals surface area contributed by atoms with Crippen LogP contribution in [0.15, 0.2) is 158 Å². The minimum Gasteiger partial charge on any atom is -0.462 e. The molecular formula is C76H122O6. The maximum atomic E-state index is 12.9. The first-order chi connectivity index (χ1) is 40.5. The highest BCUT2D eigenvalue weighted by Crippen LogP contribution is 2.15. The highest BCUT2D eigenvalue weighted by molar-refractivity contribution is 5.71. The molecule has 82 heavy (non-hydrogen) atoms. The first kappa shape index (κ1) is 77.0. The lowest BCUT2D eigenvalue weighted by Crippen LogP contribution is -2.30. The molecule has 0 aromatic heterocycles. The summed E-state index contributed by atoms with van der Waals surface area (Å²) in [7, 11) is 0. The molecule has 0 radical (unpaired) electrons. The lowest BCUT2D eigenvalue weighted by atomic mass is 10.1. The fourth-order valence-electron chi connectivity index (χ4n) is 8.84. The molecule has 0 bridgehead atoms. The van der Waals surface area contributed by atoms with Gasteiger partial charge in [0.2, 0.25) is 0 Å². The van der Waals surface area contributed by atoms with E-state index in [1.807, 2.05) is 0 Å². The Labute approximate surface area is 505 Å². The molecular weight excluding hydrogens is 1010 g/mol. The van der Waals surface area contributed by atoms with Gasteiger partial charge < -0.3 is 14.2 Å². The third-order valence-corrected chi connectivity index (χ3v) is 13.8. The molecule has 0 aromatic rings. The Morgan fingerprint density at radius 3 is 0.744 bits per heavy atom. The van der Waals surface area contributed by atoms with Crippen LogP contribution in [0, 0.1) is 0 Å². The van der Waals surface area contributed by atoms with Gasteiger partial charge in [-0.2, -0.15) is 0 Å². The predicted molar refractivity (Wildman–Crippen MR) is 357 cm³/mol. The van der Waals surface area contributed by atoms with Crippen molar-refractivity contribution < 1.29 is 28.6 Å². The minimum atomic E-state index is -0.798. The van der Waals surface area contributed by atoms with Gasteiger partial charge in [-0.3, -0.25) is 14.4 Å². The number of hydrogen-bond donors (Lipinski definition) is 0. The molecule has 6 nitrogen and oxygen atoms in total. The number of ether oxygens (including phenoxy) is 3. The SMILES string of the molecule is CC/C=C\C/C=C\C/C=C\C/C=C\C/C=C\C/C=C\C/C=C\C/C=C\CCCCCCCCCCC(=O)OCC(COC(=O)CCCCCCCCCCCC)OC(=O)CCCCCCC/C=C\C/C=C\C/C=C\C/C=C\C/C=C\CC. The third kappa shape index (κ3) is 65.8. The number of carbonyl (C=O) groups is 3. The molecule has 0 aromatic carbocycles. The van der Waals surface area contributed by atoms with E-state index in [0.29, 0.717) is 19.3 Å². The topological polar surface area (TPSA) is 78.9 Å². The lowest BCUT2D eigenvalue weighted by molar-refractivity contribution is -0.167. The zero-order valence-electron chi connectivity index (χ0n) is 52.9. The first-order valence-electron chi connectivity index (χ1n) is 33.5. The van der Waals surface area contributed by atoms with Crippen LogP contribution in [0.3, 0.4) is 0 Å². The summed E-state index contributed by atoms with van der Waals surface area (Å²) in [4.78, 5) is 38.3. The Balaban J connectivity index is 4.29. The van der Waals surface area contributed by atoms with Crippen LogP contribution < -0.4 is 0 Å². The highest BCUT2D eigenvalue weighted by atomic mass is 16.6. The third-order valence-electron chi connectivity index (χ3n) is 13.8. The van der Waals surface area contributed by atoms with Crippen LogP contribution in [0.25, 0.3) is 0 Å². The zero-order chi connectivity index (χ0) is 59.2. The molecule has 0 fully saturated rings. The fourth-order valence-corrected chi connectivity index (χ4v) is 8.84. The second kappa shape index (κ2) is 68.5. The summed E-state index contributed by atoms with van der Waals surface area (Å²) in [6, 6.07) is 0. The van der Waals surface area contributed by atoms with Gasteiger partial charge in [-0.25, -0.2) is 0 Å². The maximum Gasteiger partial charge on any atom is 0.306 e. The van der Waals surface area contributed by atoms with Gasteiger partial charge in [0, 0.05) is 19.3 Å². The van der Waals surface area contributed by atoms with Gasteiger partial charge in [-0.1, -0.05) is 294 Å². The van der Waals surface area contributed by atoms with E-state index in [4.69, 9.17) is 14.2 Å². The van der Waals surface area contributed by atoms with Gasteiger partial charge in [0.25, 0.3) is 0 Å². The Kier molecular flexibility index (Phi) is 64.4. The number of esters is 3. The van der Waals surface area contributed by atoms with E-state index in [1.165, 1.54) is 77.0 Å². The van der Waals surface area contributed by atoms with E-state index >= 15 is 0 Å². The normalized spacial score (nSPS) is 13.2. The molecule has 0 rings (SSSR count). The summed E-state index contributed by atoms with van der Waals surface area (Å²) in [5.74, 6) is -0.921. The van der Waals surface area contributed by atoms with E-state index < -0.39 is 6.10 Å². The summed E-state index contributed by atoms with van der Waals surface area (Å²) >= 11 is 0. The lowest BCUT2D eigenvalue weighted by Gasteiger charge is -2.18. The van der Waals surface area contributed by atoms with Gasteiger partial charge in [0.1, 0.15) is 13.2 Å². The van der Waals surface area contributed by atoms with E-state index in [0.717, 1.165) is 167 Å². The molecule has 462 valence electrons. The quantitative estimate of drug-likeness (QED) is 0.0261. The maximum absolute atomic E-state index is 12.9.